The molecule has 1 fully saturated rings. The van der Waals surface area contributed by atoms with E-state index in [1.807, 2.05) is 13.0 Å². The second-order valence-corrected chi connectivity index (χ2v) is 6.83. The largest absolute Gasteiger partial charge is 0.397 e. The average molecular weight is 334 g/mol. The zero-order chi connectivity index (χ0) is 16.4. The van der Waals surface area contributed by atoms with Crippen LogP contribution in [0.2, 0.25) is 0 Å². The molecule has 1 aliphatic heterocycles. The number of nitrogen functional groups attached to an aromatic ring is 1. The Kier molecular flexibility index (Phi) is 4.68. The average Bonchev–Trinajstić information content (AvgIpc) is 2.91. The molecule has 2 aromatic heterocycles. The van der Waals surface area contributed by atoms with Gasteiger partial charge in [-0.3, -0.25) is 4.79 Å². The Morgan fingerprint density at radius 1 is 1.57 bits per heavy atom. The molecule has 4 N–H and O–H groups in total. The highest BCUT2D eigenvalue weighted by Crippen LogP contribution is 2.39. The van der Waals surface area contributed by atoms with Gasteiger partial charge in [-0.1, -0.05) is 0 Å². The van der Waals surface area contributed by atoms with E-state index < -0.39 is 5.91 Å². The molecule has 23 heavy (non-hydrogen) atoms. The third-order valence-electron chi connectivity index (χ3n) is 4.25. The number of hydrogen-bond acceptors (Lipinski definition) is 6. The van der Waals surface area contributed by atoms with Crippen LogP contribution >= 0.6 is 11.3 Å². The van der Waals surface area contributed by atoms with Gasteiger partial charge in [-0.05, 0) is 31.7 Å². The highest BCUT2D eigenvalue weighted by atomic mass is 32.1. The number of fused-ring (bicyclic) bond motifs is 1. The molecule has 0 aliphatic carbocycles. The van der Waals surface area contributed by atoms with E-state index in [-0.39, 0.29) is 0 Å². The number of ether oxygens (including phenoxy) is 1. The first kappa shape index (κ1) is 16.0. The fraction of sp³-hybridized carbons (Fsp3) is 0.500. The molecule has 1 saturated heterocycles. The molecule has 6 nitrogen and oxygen atoms in total. The van der Waals surface area contributed by atoms with Gasteiger partial charge in [0, 0.05) is 25.9 Å². The Morgan fingerprint density at radius 2 is 2.39 bits per heavy atom. The highest BCUT2D eigenvalue weighted by Gasteiger charge is 2.24. The van der Waals surface area contributed by atoms with Crippen molar-refractivity contribution < 1.29 is 9.53 Å². The van der Waals surface area contributed by atoms with Crippen molar-refractivity contribution >= 4 is 38.8 Å². The molecule has 0 aromatic carbocycles. The van der Waals surface area contributed by atoms with Gasteiger partial charge in [0.15, 0.2) is 0 Å². The van der Waals surface area contributed by atoms with E-state index in [0.717, 1.165) is 48.6 Å². The molecule has 3 heterocycles. The van der Waals surface area contributed by atoms with Gasteiger partial charge in [0.1, 0.15) is 9.71 Å². The molecule has 3 rings (SSSR count). The molecule has 124 valence electrons. The van der Waals surface area contributed by atoms with Crippen LogP contribution in [0.1, 0.15) is 29.4 Å². The number of carbonyl (C=O) groups excluding carboxylic acids is 1. The maximum atomic E-state index is 11.5. The minimum atomic E-state index is -0.496. The number of nitrogens with zero attached hydrogens (tertiary/aromatic N) is 2. The van der Waals surface area contributed by atoms with Crippen molar-refractivity contribution in [3.8, 4) is 0 Å². The number of amides is 1. The molecule has 1 unspecified atom stereocenters. The van der Waals surface area contributed by atoms with Crippen LogP contribution in [0.3, 0.4) is 0 Å². The van der Waals surface area contributed by atoms with Crippen LogP contribution < -0.4 is 16.4 Å². The second kappa shape index (κ2) is 6.72. The van der Waals surface area contributed by atoms with Crippen LogP contribution in [0.5, 0.6) is 0 Å². The predicted octanol–water partition coefficient (Wildman–Crippen LogP) is 2.23. The van der Waals surface area contributed by atoms with E-state index in [1.54, 1.807) is 6.20 Å². The minimum absolute atomic E-state index is 0.392. The van der Waals surface area contributed by atoms with E-state index in [1.165, 1.54) is 17.8 Å². The van der Waals surface area contributed by atoms with Crippen molar-refractivity contribution in [3.05, 3.63) is 17.1 Å². The summed E-state index contributed by atoms with van der Waals surface area (Å²) in [5, 5.41) is 0.850. The zero-order valence-corrected chi connectivity index (χ0v) is 14.1. The summed E-state index contributed by atoms with van der Waals surface area (Å²) in [7, 11) is 0. The van der Waals surface area contributed by atoms with Crippen molar-refractivity contribution in [2.24, 2.45) is 11.7 Å². The fourth-order valence-corrected chi connectivity index (χ4v) is 4.12. The van der Waals surface area contributed by atoms with E-state index >= 15 is 0 Å². The van der Waals surface area contributed by atoms with Crippen LogP contribution in [0.25, 0.3) is 10.2 Å². The SMILES string of the molecule is CCOCC1CCCN(c2ccnc3sc(C(N)=O)c(N)c23)C1. The summed E-state index contributed by atoms with van der Waals surface area (Å²) in [5.74, 6) is 0.0201. The van der Waals surface area contributed by atoms with Crippen LogP contribution in [0.15, 0.2) is 12.3 Å². The van der Waals surface area contributed by atoms with Crippen molar-refractivity contribution in [2.75, 3.05) is 36.9 Å². The van der Waals surface area contributed by atoms with Gasteiger partial charge in [0.05, 0.1) is 23.4 Å². The quantitative estimate of drug-likeness (QED) is 0.874. The van der Waals surface area contributed by atoms with Gasteiger partial charge < -0.3 is 21.1 Å². The number of hydrogen-bond donors (Lipinski definition) is 2. The molecule has 1 amide bonds. The van der Waals surface area contributed by atoms with E-state index in [9.17, 15) is 4.79 Å². The maximum absolute atomic E-state index is 11.5. The van der Waals surface area contributed by atoms with Gasteiger partial charge in [-0.15, -0.1) is 11.3 Å². The Balaban J connectivity index is 1.94. The van der Waals surface area contributed by atoms with Crippen LogP contribution in [0, 0.1) is 5.92 Å². The van der Waals surface area contributed by atoms with Gasteiger partial charge in [-0.2, -0.15) is 0 Å². The second-order valence-electron chi connectivity index (χ2n) is 5.83. The highest BCUT2D eigenvalue weighted by molar-refractivity contribution is 7.21. The first-order valence-electron chi connectivity index (χ1n) is 7.91. The van der Waals surface area contributed by atoms with Crippen LogP contribution in [-0.2, 0) is 4.74 Å². The fourth-order valence-electron chi connectivity index (χ4n) is 3.18. The van der Waals surface area contributed by atoms with E-state index in [0.29, 0.717) is 16.5 Å². The number of primary amides is 1. The Morgan fingerprint density at radius 3 is 3.13 bits per heavy atom. The molecular weight excluding hydrogens is 312 g/mol. The van der Waals surface area contributed by atoms with Gasteiger partial charge in [-0.25, -0.2) is 4.98 Å². The normalized spacial score (nSPS) is 18.5. The summed E-state index contributed by atoms with van der Waals surface area (Å²) in [4.78, 5) is 19.4. The number of rotatable bonds is 5. The standard InChI is InChI=1S/C16H22N4O2S/c1-2-22-9-10-4-3-7-20(8-10)11-5-6-19-16-12(11)13(17)14(23-16)15(18)21/h5-6,10H,2-4,7-9,17H2,1H3,(H2,18,21). The minimum Gasteiger partial charge on any atom is -0.397 e. The van der Waals surface area contributed by atoms with E-state index in [4.69, 9.17) is 16.2 Å². The summed E-state index contributed by atoms with van der Waals surface area (Å²) >= 11 is 1.26. The van der Waals surface area contributed by atoms with Gasteiger partial charge in [0.25, 0.3) is 5.91 Å². The summed E-state index contributed by atoms with van der Waals surface area (Å²) in [5.41, 5.74) is 13.1. The smallest absolute Gasteiger partial charge is 0.260 e. The first-order chi connectivity index (χ1) is 11.1. The lowest BCUT2D eigenvalue weighted by molar-refractivity contribution is 0.100. The Bertz CT molecular complexity index is 715. The molecular formula is C16H22N4O2S. The molecule has 0 bridgehead atoms. The number of anilines is 2. The molecule has 1 atom stereocenters. The number of carbonyl (C=O) groups is 1. The molecule has 1 aliphatic rings. The number of thiophene rings is 1. The molecule has 0 spiro atoms. The summed E-state index contributed by atoms with van der Waals surface area (Å²) in [6, 6.07) is 1.97. The number of nitrogens with two attached hydrogens (primary N) is 2. The maximum Gasteiger partial charge on any atom is 0.260 e. The van der Waals surface area contributed by atoms with Crippen molar-refractivity contribution in [1.29, 1.82) is 0 Å². The molecule has 7 heteroatoms. The third-order valence-corrected chi connectivity index (χ3v) is 5.38. The lowest BCUT2D eigenvalue weighted by Gasteiger charge is -2.34. The lowest BCUT2D eigenvalue weighted by atomic mass is 9.98. The summed E-state index contributed by atoms with van der Waals surface area (Å²) in [6.07, 6.45) is 4.06. The first-order valence-corrected chi connectivity index (χ1v) is 8.73. The van der Waals surface area contributed by atoms with Gasteiger partial charge >= 0.3 is 0 Å². The zero-order valence-electron chi connectivity index (χ0n) is 13.2. The van der Waals surface area contributed by atoms with E-state index in [2.05, 4.69) is 9.88 Å². The van der Waals surface area contributed by atoms with Crippen molar-refractivity contribution in [2.45, 2.75) is 19.8 Å². The molecule has 2 aromatic rings. The van der Waals surface area contributed by atoms with Gasteiger partial charge in [0.2, 0.25) is 0 Å². The van der Waals surface area contributed by atoms with Crippen molar-refractivity contribution in [1.82, 2.24) is 4.98 Å². The molecule has 0 radical (unpaired) electrons. The number of aromatic nitrogens is 1. The lowest BCUT2D eigenvalue weighted by Crippen LogP contribution is -2.37. The predicted molar refractivity (Wildman–Crippen MR) is 94.0 cm³/mol. The number of piperidine rings is 1. The summed E-state index contributed by atoms with van der Waals surface area (Å²) in [6.45, 7) is 5.45. The van der Waals surface area contributed by atoms with Crippen LogP contribution in [0.4, 0.5) is 11.4 Å². The summed E-state index contributed by atoms with van der Waals surface area (Å²) < 4.78 is 5.58. The Hall–Kier alpha value is -1.86. The number of pyridine rings is 1. The monoisotopic (exact) mass is 334 g/mol. The van der Waals surface area contributed by atoms with Crippen molar-refractivity contribution in [3.63, 3.8) is 0 Å². The molecule has 0 saturated carbocycles. The Labute approximate surface area is 139 Å². The van der Waals surface area contributed by atoms with Crippen LogP contribution in [-0.4, -0.2) is 37.2 Å². The third kappa shape index (κ3) is 3.11. The topological polar surface area (TPSA) is 94.5 Å².